The first kappa shape index (κ1) is 22.7. The van der Waals surface area contributed by atoms with Gasteiger partial charge >= 0.3 is 0 Å². The van der Waals surface area contributed by atoms with Crippen molar-refractivity contribution in [3.8, 4) is 22.7 Å². The van der Waals surface area contributed by atoms with E-state index in [1.54, 1.807) is 12.1 Å². The SMILES string of the molecule is CC1(C)[C@H]2CC[C@]1(c1cccc(-c3ccc(C4(O)COC4)o3)n1)c1nnc(-c3c(F)cccc3F)cc12. The van der Waals surface area contributed by atoms with Crippen molar-refractivity contribution in [1.82, 2.24) is 15.2 Å². The zero-order valence-electron chi connectivity index (χ0n) is 20.5. The molecule has 0 amide bonds. The Kier molecular flexibility index (Phi) is 4.61. The normalized spacial score (nSPS) is 24.6. The summed E-state index contributed by atoms with van der Waals surface area (Å²) in [5, 5.41) is 19.5. The van der Waals surface area contributed by atoms with Crippen molar-refractivity contribution >= 4 is 0 Å². The molecule has 3 aromatic heterocycles. The highest BCUT2D eigenvalue weighted by Crippen LogP contribution is 2.69. The van der Waals surface area contributed by atoms with E-state index in [-0.39, 0.29) is 35.8 Å². The molecule has 1 saturated carbocycles. The van der Waals surface area contributed by atoms with E-state index in [0.717, 1.165) is 29.8 Å². The second kappa shape index (κ2) is 7.52. The van der Waals surface area contributed by atoms with Crippen LogP contribution in [-0.2, 0) is 15.8 Å². The molecular weight excluding hydrogens is 476 g/mol. The van der Waals surface area contributed by atoms with E-state index >= 15 is 0 Å². The van der Waals surface area contributed by atoms with Gasteiger partial charge in [0.05, 0.1) is 41.3 Å². The number of furan rings is 1. The van der Waals surface area contributed by atoms with Crippen molar-refractivity contribution in [2.45, 2.75) is 43.6 Å². The maximum absolute atomic E-state index is 14.5. The molecule has 1 N–H and O–H groups in total. The monoisotopic (exact) mass is 501 g/mol. The van der Waals surface area contributed by atoms with Crippen LogP contribution < -0.4 is 0 Å². The molecule has 1 saturated heterocycles. The average molecular weight is 502 g/mol. The first-order chi connectivity index (χ1) is 17.7. The van der Waals surface area contributed by atoms with Crippen LogP contribution >= 0.6 is 0 Å². The topological polar surface area (TPSA) is 81.3 Å². The molecule has 7 rings (SSSR count). The lowest BCUT2D eigenvalue weighted by molar-refractivity contribution is -0.193. The molecule has 37 heavy (non-hydrogen) atoms. The van der Waals surface area contributed by atoms with E-state index in [4.69, 9.17) is 14.1 Å². The number of aromatic nitrogens is 3. The van der Waals surface area contributed by atoms with Gasteiger partial charge in [-0.3, -0.25) is 0 Å². The van der Waals surface area contributed by atoms with Gasteiger partial charge in [-0.15, -0.1) is 5.10 Å². The Bertz CT molecular complexity index is 1540. The third-order valence-electron chi connectivity index (χ3n) is 8.79. The predicted octanol–water partition coefficient (Wildman–Crippen LogP) is 5.50. The summed E-state index contributed by atoms with van der Waals surface area (Å²) in [6.45, 7) is 4.84. The van der Waals surface area contributed by atoms with Gasteiger partial charge in [0.1, 0.15) is 23.1 Å². The summed E-state index contributed by atoms with van der Waals surface area (Å²) in [5.41, 5.74) is 1.53. The van der Waals surface area contributed by atoms with Crippen LogP contribution in [0.1, 0.15) is 55.3 Å². The van der Waals surface area contributed by atoms with Gasteiger partial charge in [0.15, 0.2) is 11.4 Å². The first-order valence-electron chi connectivity index (χ1n) is 12.5. The van der Waals surface area contributed by atoms with Gasteiger partial charge in [-0.05, 0) is 72.2 Å². The lowest BCUT2D eigenvalue weighted by Gasteiger charge is -2.37. The van der Waals surface area contributed by atoms with Crippen molar-refractivity contribution in [2.24, 2.45) is 5.41 Å². The summed E-state index contributed by atoms with van der Waals surface area (Å²) in [6.07, 6.45) is 1.76. The minimum Gasteiger partial charge on any atom is -0.456 e. The van der Waals surface area contributed by atoms with Crippen LogP contribution in [0.5, 0.6) is 0 Å². The zero-order valence-corrected chi connectivity index (χ0v) is 20.5. The number of rotatable bonds is 4. The molecule has 1 aromatic carbocycles. The van der Waals surface area contributed by atoms with Crippen molar-refractivity contribution in [1.29, 1.82) is 0 Å². The minimum absolute atomic E-state index is 0.153. The number of benzene rings is 1. The molecule has 2 bridgehead atoms. The Hall–Kier alpha value is -3.49. The second-order valence-corrected chi connectivity index (χ2v) is 10.9. The van der Waals surface area contributed by atoms with Gasteiger partial charge in [-0.25, -0.2) is 13.8 Å². The Morgan fingerprint density at radius 2 is 1.70 bits per heavy atom. The molecule has 8 heteroatoms. The predicted molar refractivity (Wildman–Crippen MR) is 131 cm³/mol. The van der Waals surface area contributed by atoms with E-state index in [9.17, 15) is 13.9 Å². The Morgan fingerprint density at radius 1 is 0.946 bits per heavy atom. The standard InChI is InChI=1S/C29H25F2N3O3/c1-27(2)17-11-12-29(27,26-16(17)13-21(33-34-26)25-18(30)5-3-6-19(25)31)23-8-4-7-20(32-23)22-9-10-24(37-22)28(35)14-36-15-28/h3-10,13,17,35H,11-12,14-15H2,1-2H3/t17-,29-/m0/s1. The molecule has 0 spiro atoms. The van der Waals surface area contributed by atoms with Crippen LogP contribution in [-0.4, -0.2) is 33.5 Å². The van der Waals surface area contributed by atoms with Crippen molar-refractivity contribution in [3.63, 3.8) is 0 Å². The van der Waals surface area contributed by atoms with E-state index in [1.165, 1.54) is 18.2 Å². The van der Waals surface area contributed by atoms with Gasteiger partial charge in [-0.2, -0.15) is 5.10 Å². The number of halogens is 2. The Balaban J connectivity index is 1.33. The Labute approximate surface area is 212 Å². The maximum atomic E-state index is 14.5. The highest BCUT2D eigenvalue weighted by molar-refractivity contribution is 5.64. The molecule has 1 aliphatic heterocycles. The molecule has 2 atom stereocenters. The van der Waals surface area contributed by atoms with Crippen LogP contribution in [0.2, 0.25) is 0 Å². The van der Waals surface area contributed by atoms with Crippen LogP contribution in [0.4, 0.5) is 8.78 Å². The average Bonchev–Trinajstić information content (AvgIpc) is 3.51. The third kappa shape index (κ3) is 2.94. The fourth-order valence-corrected chi connectivity index (χ4v) is 6.73. The molecule has 4 heterocycles. The van der Waals surface area contributed by atoms with E-state index in [2.05, 4.69) is 24.0 Å². The van der Waals surface area contributed by atoms with Crippen LogP contribution in [0, 0.1) is 17.0 Å². The largest absolute Gasteiger partial charge is 0.456 e. The minimum atomic E-state index is -1.09. The lowest BCUT2D eigenvalue weighted by atomic mass is 9.66. The number of hydrogen-bond acceptors (Lipinski definition) is 6. The summed E-state index contributed by atoms with van der Waals surface area (Å²) < 4.78 is 40.2. The van der Waals surface area contributed by atoms with E-state index < -0.39 is 22.7 Å². The van der Waals surface area contributed by atoms with Crippen molar-refractivity contribution in [2.75, 3.05) is 13.2 Å². The highest BCUT2D eigenvalue weighted by Gasteiger charge is 2.65. The highest BCUT2D eigenvalue weighted by atomic mass is 19.1. The number of fused-ring (bicyclic) bond motifs is 5. The molecule has 3 aliphatic rings. The molecular formula is C29H25F2N3O3. The summed E-state index contributed by atoms with van der Waals surface area (Å²) in [7, 11) is 0. The number of nitrogens with zero attached hydrogens (tertiary/aromatic N) is 3. The fourth-order valence-electron chi connectivity index (χ4n) is 6.73. The zero-order chi connectivity index (χ0) is 25.6. The lowest BCUT2D eigenvalue weighted by Crippen LogP contribution is -2.46. The van der Waals surface area contributed by atoms with Gasteiger partial charge in [0.2, 0.25) is 0 Å². The van der Waals surface area contributed by atoms with Gasteiger partial charge < -0.3 is 14.3 Å². The molecule has 2 aliphatic carbocycles. The molecule has 2 fully saturated rings. The number of hydrogen-bond donors (Lipinski definition) is 1. The van der Waals surface area contributed by atoms with Gasteiger partial charge in [0, 0.05) is 0 Å². The number of ether oxygens (including phenoxy) is 1. The van der Waals surface area contributed by atoms with Crippen LogP contribution in [0.25, 0.3) is 22.7 Å². The summed E-state index contributed by atoms with van der Waals surface area (Å²) in [6, 6.07) is 15.0. The second-order valence-electron chi connectivity index (χ2n) is 10.9. The van der Waals surface area contributed by atoms with Crippen LogP contribution in [0.3, 0.4) is 0 Å². The molecule has 4 aromatic rings. The third-order valence-corrected chi connectivity index (χ3v) is 8.79. The fraction of sp³-hybridized carbons (Fsp3) is 0.345. The van der Waals surface area contributed by atoms with Crippen molar-refractivity contribution in [3.05, 3.63) is 88.9 Å². The molecule has 0 radical (unpaired) electrons. The number of aliphatic hydroxyl groups is 1. The maximum Gasteiger partial charge on any atom is 0.168 e. The first-order valence-corrected chi connectivity index (χ1v) is 12.5. The van der Waals surface area contributed by atoms with E-state index in [0.29, 0.717) is 17.2 Å². The Morgan fingerprint density at radius 3 is 2.43 bits per heavy atom. The van der Waals surface area contributed by atoms with E-state index in [1.807, 2.05) is 24.3 Å². The van der Waals surface area contributed by atoms with Crippen molar-refractivity contribution < 1.29 is 23.0 Å². The quantitative estimate of drug-likeness (QED) is 0.398. The van der Waals surface area contributed by atoms with Crippen LogP contribution in [0.15, 0.2) is 59.0 Å². The molecule has 0 unspecified atom stereocenters. The summed E-state index contributed by atoms with van der Waals surface area (Å²) in [5.74, 6) is -0.130. The van der Waals surface area contributed by atoms with Gasteiger partial charge in [0.25, 0.3) is 0 Å². The smallest absolute Gasteiger partial charge is 0.168 e. The number of pyridine rings is 1. The molecule has 188 valence electrons. The van der Waals surface area contributed by atoms with Gasteiger partial charge in [-0.1, -0.05) is 26.0 Å². The summed E-state index contributed by atoms with van der Waals surface area (Å²) in [4.78, 5) is 5.04. The molecule has 6 nitrogen and oxygen atoms in total. The summed E-state index contributed by atoms with van der Waals surface area (Å²) >= 11 is 0.